The third-order valence-corrected chi connectivity index (χ3v) is 5.87. The minimum absolute atomic E-state index is 0.103. The SMILES string of the molecule is CNC(=O)C1c2cc(-c3ccc(O)c(C(=O)NCC(C)C)c3)ccc2OC1c1ccc(F)cc1. The van der Waals surface area contributed by atoms with E-state index >= 15 is 0 Å². The van der Waals surface area contributed by atoms with Crippen LogP contribution in [0.25, 0.3) is 11.1 Å². The summed E-state index contributed by atoms with van der Waals surface area (Å²) in [7, 11) is 1.56. The Labute approximate surface area is 197 Å². The van der Waals surface area contributed by atoms with Gasteiger partial charge < -0.3 is 20.5 Å². The quantitative estimate of drug-likeness (QED) is 0.502. The number of likely N-dealkylation sites (N-methyl/N-ethyl adjacent to an activating group) is 1. The van der Waals surface area contributed by atoms with Gasteiger partial charge in [0.25, 0.3) is 5.91 Å². The number of fused-ring (bicyclic) bond motifs is 1. The number of ether oxygens (including phenoxy) is 1. The van der Waals surface area contributed by atoms with Gasteiger partial charge in [0.15, 0.2) is 0 Å². The maximum absolute atomic E-state index is 13.4. The van der Waals surface area contributed by atoms with Gasteiger partial charge in [-0.05, 0) is 59.0 Å². The fourth-order valence-electron chi connectivity index (χ4n) is 4.08. The highest BCUT2D eigenvalue weighted by atomic mass is 19.1. The average molecular weight is 463 g/mol. The van der Waals surface area contributed by atoms with Crippen LogP contribution in [0, 0.1) is 11.7 Å². The van der Waals surface area contributed by atoms with Crippen molar-refractivity contribution in [1.82, 2.24) is 10.6 Å². The van der Waals surface area contributed by atoms with Crippen molar-refractivity contribution in [3.63, 3.8) is 0 Å². The molecule has 1 aliphatic rings. The van der Waals surface area contributed by atoms with Gasteiger partial charge in [-0.1, -0.05) is 38.1 Å². The minimum atomic E-state index is -0.628. The lowest BCUT2D eigenvalue weighted by atomic mass is 9.88. The third kappa shape index (κ3) is 4.59. The molecule has 0 aliphatic carbocycles. The summed E-state index contributed by atoms with van der Waals surface area (Å²) in [5.41, 5.74) is 3.07. The summed E-state index contributed by atoms with van der Waals surface area (Å²) in [6, 6.07) is 16.3. The lowest BCUT2D eigenvalue weighted by Crippen LogP contribution is -2.28. The van der Waals surface area contributed by atoms with Gasteiger partial charge in [0.1, 0.15) is 29.3 Å². The van der Waals surface area contributed by atoms with Crippen molar-refractivity contribution in [3.05, 3.63) is 83.2 Å². The Bertz CT molecular complexity index is 1220. The number of carbonyl (C=O) groups excluding carboxylic acids is 2. The molecule has 0 aromatic heterocycles. The summed E-state index contributed by atoms with van der Waals surface area (Å²) in [4.78, 5) is 25.4. The van der Waals surface area contributed by atoms with Crippen LogP contribution < -0.4 is 15.4 Å². The molecule has 176 valence electrons. The van der Waals surface area contributed by atoms with E-state index < -0.39 is 12.0 Å². The number of carbonyl (C=O) groups is 2. The van der Waals surface area contributed by atoms with Crippen molar-refractivity contribution in [3.8, 4) is 22.6 Å². The van der Waals surface area contributed by atoms with Crippen LogP contribution in [-0.2, 0) is 4.79 Å². The zero-order valence-electron chi connectivity index (χ0n) is 19.3. The highest BCUT2D eigenvalue weighted by Crippen LogP contribution is 2.47. The molecule has 0 saturated carbocycles. The van der Waals surface area contributed by atoms with Gasteiger partial charge in [-0.2, -0.15) is 0 Å². The topological polar surface area (TPSA) is 87.7 Å². The number of amides is 2. The van der Waals surface area contributed by atoms with Crippen molar-refractivity contribution in [1.29, 1.82) is 0 Å². The Morgan fingerprint density at radius 1 is 1.03 bits per heavy atom. The Hall–Kier alpha value is -3.87. The first-order chi connectivity index (χ1) is 16.3. The molecular formula is C27H27FN2O4. The van der Waals surface area contributed by atoms with E-state index in [1.165, 1.54) is 18.2 Å². The van der Waals surface area contributed by atoms with E-state index in [1.54, 1.807) is 37.4 Å². The number of nitrogens with one attached hydrogen (secondary N) is 2. The number of halogens is 1. The van der Waals surface area contributed by atoms with Crippen LogP contribution in [0.1, 0.15) is 47.4 Å². The summed E-state index contributed by atoms with van der Waals surface area (Å²) in [5, 5.41) is 15.8. The molecule has 0 spiro atoms. The number of phenolic OH excluding ortho intramolecular Hbond substituents is 1. The molecule has 0 saturated heterocycles. The fourth-order valence-corrected chi connectivity index (χ4v) is 4.08. The fraction of sp³-hybridized carbons (Fsp3) is 0.259. The first-order valence-corrected chi connectivity index (χ1v) is 11.2. The Morgan fingerprint density at radius 2 is 1.71 bits per heavy atom. The van der Waals surface area contributed by atoms with Gasteiger partial charge in [-0.3, -0.25) is 9.59 Å². The number of benzene rings is 3. The summed E-state index contributed by atoms with van der Waals surface area (Å²) < 4.78 is 19.5. The van der Waals surface area contributed by atoms with E-state index in [2.05, 4.69) is 10.6 Å². The predicted octanol–water partition coefficient (Wildman–Crippen LogP) is 4.55. The maximum Gasteiger partial charge on any atom is 0.255 e. The largest absolute Gasteiger partial charge is 0.507 e. The smallest absolute Gasteiger partial charge is 0.255 e. The molecule has 3 N–H and O–H groups in total. The van der Waals surface area contributed by atoms with Crippen LogP contribution in [0.5, 0.6) is 11.5 Å². The summed E-state index contributed by atoms with van der Waals surface area (Å²) >= 11 is 0. The van der Waals surface area contributed by atoms with Gasteiger partial charge in [0, 0.05) is 19.2 Å². The van der Waals surface area contributed by atoms with E-state index in [0.29, 0.717) is 23.4 Å². The Kier molecular flexibility index (Phi) is 6.54. The first kappa shape index (κ1) is 23.3. The molecule has 2 atom stereocenters. The second-order valence-corrected chi connectivity index (χ2v) is 8.77. The average Bonchev–Trinajstić information content (AvgIpc) is 3.21. The van der Waals surface area contributed by atoms with Gasteiger partial charge in [-0.25, -0.2) is 4.39 Å². The second kappa shape index (κ2) is 9.55. The number of hydrogen-bond acceptors (Lipinski definition) is 4. The van der Waals surface area contributed by atoms with E-state index in [-0.39, 0.29) is 34.9 Å². The van der Waals surface area contributed by atoms with Crippen molar-refractivity contribution in [2.24, 2.45) is 5.92 Å². The molecule has 6 nitrogen and oxygen atoms in total. The van der Waals surface area contributed by atoms with Crippen LogP contribution in [0.4, 0.5) is 4.39 Å². The first-order valence-electron chi connectivity index (χ1n) is 11.2. The van der Waals surface area contributed by atoms with Gasteiger partial charge >= 0.3 is 0 Å². The van der Waals surface area contributed by atoms with Gasteiger partial charge in [0.05, 0.1) is 5.56 Å². The molecule has 3 aromatic rings. The summed E-state index contributed by atoms with van der Waals surface area (Å²) in [6.45, 7) is 4.48. The second-order valence-electron chi connectivity index (χ2n) is 8.77. The van der Waals surface area contributed by atoms with E-state index in [1.807, 2.05) is 26.0 Å². The minimum Gasteiger partial charge on any atom is -0.507 e. The lowest BCUT2D eigenvalue weighted by molar-refractivity contribution is -0.123. The van der Waals surface area contributed by atoms with Crippen molar-refractivity contribution < 1.29 is 23.8 Å². The highest BCUT2D eigenvalue weighted by Gasteiger charge is 2.40. The molecule has 3 aromatic carbocycles. The molecule has 34 heavy (non-hydrogen) atoms. The number of aromatic hydroxyl groups is 1. The van der Waals surface area contributed by atoms with Gasteiger partial charge in [-0.15, -0.1) is 0 Å². The lowest BCUT2D eigenvalue weighted by Gasteiger charge is -2.18. The van der Waals surface area contributed by atoms with Crippen molar-refractivity contribution in [2.45, 2.75) is 25.9 Å². The van der Waals surface area contributed by atoms with Crippen molar-refractivity contribution >= 4 is 11.8 Å². The standard InChI is InChI=1S/C27H27FN2O4/c1-15(2)14-30-26(32)20-12-17(6-10-22(20)31)18-7-11-23-21(13-18)24(27(33)29-3)25(34-23)16-4-8-19(28)9-5-16/h4-13,15,24-25,31H,14H2,1-3H3,(H,29,33)(H,30,32). The highest BCUT2D eigenvalue weighted by molar-refractivity contribution is 5.98. The molecule has 7 heteroatoms. The molecular weight excluding hydrogens is 435 g/mol. The predicted molar refractivity (Wildman–Crippen MR) is 127 cm³/mol. The van der Waals surface area contributed by atoms with Crippen LogP contribution in [0.3, 0.4) is 0 Å². The molecule has 1 aliphatic heterocycles. The van der Waals surface area contributed by atoms with Crippen molar-refractivity contribution in [2.75, 3.05) is 13.6 Å². The molecule has 0 radical (unpaired) electrons. The normalized spacial score (nSPS) is 16.6. The molecule has 2 amide bonds. The number of phenols is 1. The molecule has 0 bridgehead atoms. The summed E-state index contributed by atoms with van der Waals surface area (Å²) in [6.07, 6.45) is -0.594. The number of hydrogen-bond donors (Lipinski definition) is 3. The zero-order chi connectivity index (χ0) is 24.4. The van der Waals surface area contributed by atoms with Gasteiger partial charge in [0.2, 0.25) is 5.91 Å². The zero-order valence-corrected chi connectivity index (χ0v) is 19.3. The summed E-state index contributed by atoms with van der Waals surface area (Å²) in [5.74, 6) is -0.812. The number of rotatable bonds is 6. The maximum atomic E-state index is 13.4. The van der Waals surface area contributed by atoms with Crippen LogP contribution >= 0.6 is 0 Å². The molecule has 1 heterocycles. The molecule has 2 unspecified atom stereocenters. The van der Waals surface area contributed by atoms with Crippen LogP contribution in [0.15, 0.2) is 60.7 Å². The Morgan fingerprint density at radius 3 is 2.38 bits per heavy atom. The Balaban J connectivity index is 1.70. The van der Waals surface area contributed by atoms with E-state index in [0.717, 1.165) is 11.1 Å². The molecule has 0 fully saturated rings. The van der Waals surface area contributed by atoms with Crippen LogP contribution in [-0.4, -0.2) is 30.5 Å². The monoisotopic (exact) mass is 462 g/mol. The van der Waals surface area contributed by atoms with E-state index in [9.17, 15) is 19.1 Å². The van der Waals surface area contributed by atoms with E-state index in [4.69, 9.17) is 4.74 Å². The molecule has 4 rings (SSSR count). The third-order valence-electron chi connectivity index (χ3n) is 5.87. The van der Waals surface area contributed by atoms with Crippen LogP contribution in [0.2, 0.25) is 0 Å².